The van der Waals surface area contributed by atoms with E-state index in [2.05, 4.69) is 5.32 Å². The van der Waals surface area contributed by atoms with Gasteiger partial charge >= 0.3 is 5.97 Å². The molecule has 2 aromatic rings. The van der Waals surface area contributed by atoms with E-state index in [9.17, 15) is 22.4 Å². The maximum Gasteiger partial charge on any atom is 0.325 e. The third kappa shape index (κ3) is 3.51. The van der Waals surface area contributed by atoms with Crippen molar-refractivity contribution in [1.82, 2.24) is 9.29 Å². The van der Waals surface area contributed by atoms with Gasteiger partial charge in [-0.05, 0) is 24.6 Å². The molecule has 0 radical (unpaired) electrons. The lowest BCUT2D eigenvalue weighted by atomic mass is 10.2. The molecule has 1 aromatic heterocycles. The number of hydrogen-bond acceptors (Lipinski definition) is 5. The van der Waals surface area contributed by atoms with Crippen LogP contribution < -0.4 is 14.8 Å². The Kier molecular flexibility index (Phi) is 4.66. The van der Waals surface area contributed by atoms with Gasteiger partial charge in [0.2, 0.25) is 10.0 Å². The lowest BCUT2D eigenvalue weighted by Crippen LogP contribution is -2.42. The van der Waals surface area contributed by atoms with Gasteiger partial charge in [0.25, 0.3) is 5.91 Å². The summed E-state index contributed by atoms with van der Waals surface area (Å²) in [7, 11) is -2.77. The molecule has 0 saturated carbocycles. The van der Waals surface area contributed by atoms with Crippen molar-refractivity contribution in [2.75, 3.05) is 11.9 Å². The summed E-state index contributed by atoms with van der Waals surface area (Å²) in [5.41, 5.74) is 0.444. The van der Waals surface area contributed by atoms with Gasteiger partial charge in [0, 0.05) is 18.9 Å². The second kappa shape index (κ2) is 6.67. The van der Waals surface area contributed by atoms with Crippen LogP contribution in [0.1, 0.15) is 16.1 Å². The molecular formula is C16H16FN3O6S. The molecule has 0 spiro atoms. The Balaban J connectivity index is 1.98. The molecule has 1 amide bonds. The van der Waals surface area contributed by atoms with Crippen LogP contribution >= 0.6 is 0 Å². The second-order valence-corrected chi connectivity index (χ2v) is 7.71. The van der Waals surface area contributed by atoms with Gasteiger partial charge in [-0.15, -0.1) is 0 Å². The molecule has 27 heavy (non-hydrogen) atoms. The van der Waals surface area contributed by atoms with Crippen molar-refractivity contribution in [3.8, 4) is 5.75 Å². The summed E-state index contributed by atoms with van der Waals surface area (Å²) in [5, 5.41) is 11.5. The normalized spacial score (nSPS) is 18.1. The van der Waals surface area contributed by atoms with Crippen LogP contribution in [0.2, 0.25) is 0 Å². The van der Waals surface area contributed by atoms with Crippen LogP contribution in [-0.4, -0.2) is 42.6 Å². The quantitative estimate of drug-likeness (QED) is 0.705. The fourth-order valence-electron chi connectivity index (χ4n) is 2.60. The Labute approximate surface area is 153 Å². The van der Waals surface area contributed by atoms with E-state index in [1.807, 2.05) is 4.72 Å². The van der Waals surface area contributed by atoms with Crippen LogP contribution in [0.15, 0.2) is 29.3 Å². The zero-order valence-corrected chi connectivity index (χ0v) is 15.1. The highest BCUT2D eigenvalue weighted by Crippen LogP contribution is 2.32. The minimum absolute atomic E-state index is 0.137. The number of aliphatic carboxylic acids is 1. The van der Waals surface area contributed by atoms with Gasteiger partial charge in [-0.2, -0.15) is 4.72 Å². The number of halogens is 1. The summed E-state index contributed by atoms with van der Waals surface area (Å²) >= 11 is 0. The van der Waals surface area contributed by atoms with Gasteiger partial charge in [-0.1, -0.05) is 6.07 Å². The first kappa shape index (κ1) is 18.9. The minimum Gasteiger partial charge on any atom is -0.487 e. The Morgan fingerprint density at radius 3 is 2.74 bits per heavy atom. The molecule has 1 unspecified atom stereocenters. The van der Waals surface area contributed by atoms with Crippen molar-refractivity contribution in [2.45, 2.75) is 17.9 Å². The Bertz CT molecular complexity index is 1050. The van der Waals surface area contributed by atoms with Crippen LogP contribution in [0.25, 0.3) is 0 Å². The summed E-state index contributed by atoms with van der Waals surface area (Å²) < 4.78 is 47.0. The van der Waals surface area contributed by atoms with Crippen molar-refractivity contribution >= 4 is 27.6 Å². The van der Waals surface area contributed by atoms with E-state index in [-0.39, 0.29) is 22.0 Å². The van der Waals surface area contributed by atoms with Crippen LogP contribution in [0, 0.1) is 12.7 Å². The van der Waals surface area contributed by atoms with E-state index in [0.29, 0.717) is 5.56 Å². The maximum absolute atomic E-state index is 13.7. The summed E-state index contributed by atoms with van der Waals surface area (Å²) in [6.45, 7) is 1.08. The predicted octanol–water partition coefficient (Wildman–Crippen LogP) is 0.849. The van der Waals surface area contributed by atoms with Gasteiger partial charge in [-0.25, -0.2) is 12.8 Å². The summed E-state index contributed by atoms with van der Waals surface area (Å²) in [5.74, 6) is -2.91. The highest BCUT2D eigenvalue weighted by Gasteiger charge is 2.36. The number of carbonyl (C=O) groups excluding carboxylic acids is 1. The molecule has 1 aliphatic heterocycles. The van der Waals surface area contributed by atoms with E-state index in [4.69, 9.17) is 9.84 Å². The fourth-order valence-corrected chi connectivity index (χ4v) is 3.97. The zero-order valence-electron chi connectivity index (χ0n) is 14.3. The van der Waals surface area contributed by atoms with Crippen LogP contribution in [0.4, 0.5) is 10.1 Å². The number of carboxylic acids is 1. The van der Waals surface area contributed by atoms with Gasteiger partial charge in [0.05, 0.1) is 0 Å². The average molecular weight is 397 g/mol. The number of hydrogen-bond donors (Lipinski definition) is 3. The molecule has 2 heterocycles. The lowest BCUT2D eigenvalue weighted by Gasteiger charge is -2.12. The summed E-state index contributed by atoms with van der Waals surface area (Å²) in [4.78, 5) is 23.4. The number of carbonyl (C=O) groups is 2. The monoisotopic (exact) mass is 397 g/mol. The van der Waals surface area contributed by atoms with Gasteiger partial charge < -0.3 is 19.7 Å². The van der Waals surface area contributed by atoms with Gasteiger partial charge in [0.15, 0.2) is 17.5 Å². The minimum atomic E-state index is -4.21. The molecule has 1 aliphatic rings. The smallest absolute Gasteiger partial charge is 0.325 e. The third-order valence-electron chi connectivity index (χ3n) is 4.03. The highest BCUT2D eigenvalue weighted by atomic mass is 32.2. The number of sulfonamides is 1. The Morgan fingerprint density at radius 2 is 2.11 bits per heavy atom. The molecular weight excluding hydrogens is 381 g/mol. The van der Waals surface area contributed by atoms with Crippen molar-refractivity contribution in [3.63, 3.8) is 0 Å². The number of aromatic nitrogens is 1. The number of benzene rings is 1. The molecule has 1 aromatic carbocycles. The van der Waals surface area contributed by atoms with E-state index in [1.165, 1.54) is 23.7 Å². The molecule has 0 bridgehead atoms. The number of aryl methyl sites for hydroxylation is 2. The molecule has 3 N–H and O–H groups in total. The molecule has 0 aliphatic carbocycles. The number of anilines is 1. The molecule has 11 heteroatoms. The van der Waals surface area contributed by atoms with E-state index in [1.54, 1.807) is 6.92 Å². The van der Waals surface area contributed by atoms with E-state index < -0.39 is 40.4 Å². The molecule has 9 nitrogen and oxygen atoms in total. The Hall–Kier alpha value is -2.92. The number of nitrogens with one attached hydrogen (secondary N) is 2. The third-order valence-corrected chi connectivity index (χ3v) is 5.49. The zero-order chi connectivity index (χ0) is 19.9. The average Bonchev–Trinajstić information content (AvgIpc) is 2.85. The van der Waals surface area contributed by atoms with Crippen LogP contribution in [0.3, 0.4) is 0 Å². The molecule has 0 saturated heterocycles. The van der Waals surface area contributed by atoms with E-state index >= 15 is 0 Å². The number of nitrogens with zero attached hydrogens (tertiary/aromatic N) is 1. The number of rotatable bonds is 3. The number of carboxylic acid groups (broad SMARTS) is 1. The number of fused-ring (bicyclic) bond motifs is 1. The van der Waals surface area contributed by atoms with E-state index in [0.717, 1.165) is 12.3 Å². The van der Waals surface area contributed by atoms with Crippen molar-refractivity contribution in [3.05, 3.63) is 41.5 Å². The summed E-state index contributed by atoms with van der Waals surface area (Å²) in [6.07, 6.45) is 1.15. The molecule has 144 valence electrons. The topological polar surface area (TPSA) is 127 Å². The van der Waals surface area contributed by atoms with Crippen molar-refractivity contribution in [2.24, 2.45) is 7.05 Å². The second-order valence-electron chi connectivity index (χ2n) is 6.02. The Morgan fingerprint density at radius 1 is 1.41 bits per heavy atom. The predicted molar refractivity (Wildman–Crippen MR) is 91.7 cm³/mol. The molecule has 3 rings (SSSR count). The van der Waals surface area contributed by atoms with Gasteiger partial charge in [0.1, 0.15) is 17.3 Å². The fraction of sp³-hybridized carbons (Fsp3) is 0.250. The maximum atomic E-state index is 13.7. The molecule has 0 fully saturated rings. The number of amides is 1. The first-order valence-corrected chi connectivity index (χ1v) is 9.23. The first-order valence-electron chi connectivity index (χ1n) is 7.75. The lowest BCUT2D eigenvalue weighted by molar-refractivity contribution is -0.139. The van der Waals surface area contributed by atoms with Crippen LogP contribution in [-0.2, 0) is 21.9 Å². The van der Waals surface area contributed by atoms with Crippen LogP contribution in [0.5, 0.6) is 5.75 Å². The van der Waals surface area contributed by atoms with Crippen molar-refractivity contribution in [1.29, 1.82) is 0 Å². The summed E-state index contributed by atoms with van der Waals surface area (Å²) in [6, 6.07) is 2.62. The SMILES string of the molecule is Cc1ccc(NC(=O)c2c3c(cn2C)S(=O)(=O)NC(C(=O)O)CO3)cc1F. The molecule has 1 atom stereocenters. The highest BCUT2D eigenvalue weighted by molar-refractivity contribution is 7.89. The number of ether oxygens (including phenoxy) is 1. The van der Waals surface area contributed by atoms with Crippen molar-refractivity contribution < 1.29 is 32.2 Å². The largest absolute Gasteiger partial charge is 0.487 e. The first-order chi connectivity index (χ1) is 12.6. The standard InChI is InChI=1S/C16H16FN3O6S/c1-8-3-4-9(5-10(8)17)18-15(21)13-14-12(6-20(13)2)27(24,25)19-11(7-26-14)16(22)23/h3-6,11,19H,7H2,1-2H3,(H,18,21)(H,22,23). The van der Waals surface area contributed by atoms with Gasteiger partial charge in [-0.3, -0.25) is 9.59 Å².